The number of piperazine rings is 1. The van der Waals surface area contributed by atoms with Crippen molar-refractivity contribution in [2.75, 3.05) is 39.8 Å². The molecule has 2 aliphatic heterocycles. The van der Waals surface area contributed by atoms with E-state index in [9.17, 15) is 0 Å². The molecule has 0 N–H and O–H groups in total. The van der Waals surface area contributed by atoms with Crippen LogP contribution in [0.15, 0.2) is 0 Å². The maximum absolute atomic E-state index is 5.74. The summed E-state index contributed by atoms with van der Waals surface area (Å²) < 4.78 is 7.72. The van der Waals surface area contributed by atoms with E-state index in [1.807, 2.05) is 4.68 Å². The van der Waals surface area contributed by atoms with Crippen LogP contribution in [0.4, 0.5) is 0 Å². The lowest BCUT2D eigenvalue weighted by molar-refractivity contribution is 0.0818. The van der Waals surface area contributed by atoms with Crippen molar-refractivity contribution in [2.24, 2.45) is 0 Å². The lowest BCUT2D eigenvalue weighted by Gasteiger charge is -2.37. The van der Waals surface area contributed by atoms with Crippen molar-refractivity contribution in [3.8, 4) is 0 Å². The normalized spacial score (nSPS) is 25.6. The van der Waals surface area contributed by atoms with Gasteiger partial charge < -0.3 is 9.64 Å². The molecule has 0 bridgehead atoms. The predicted molar refractivity (Wildman–Crippen MR) is 83.5 cm³/mol. The zero-order valence-electron chi connectivity index (χ0n) is 13.8. The van der Waals surface area contributed by atoms with E-state index in [-0.39, 0.29) is 6.10 Å². The molecule has 0 unspecified atom stereocenters. The van der Waals surface area contributed by atoms with E-state index in [1.165, 1.54) is 0 Å². The van der Waals surface area contributed by atoms with Gasteiger partial charge in [-0.1, -0.05) is 13.3 Å². The van der Waals surface area contributed by atoms with Gasteiger partial charge in [0, 0.05) is 32.8 Å². The molecule has 0 radical (unpaired) electrons. The molecule has 0 spiro atoms. The van der Waals surface area contributed by atoms with Crippen LogP contribution in [0.1, 0.15) is 44.5 Å². The van der Waals surface area contributed by atoms with Crippen LogP contribution in [-0.2, 0) is 11.3 Å². The minimum atomic E-state index is 0.275. The summed E-state index contributed by atoms with van der Waals surface area (Å²) in [5, 5.41) is 12.5. The molecule has 0 amide bonds. The van der Waals surface area contributed by atoms with E-state index in [4.69, 9.17) is 4.74 Å². The molecule has 2 aliphatic rings. The monoisotopic (exact) mass is 308 g/mol. The van der Waals surface area contributed by atoms with Gasteiger partial charge in [-0.25, -0.2) is 4.68 Å². The average molecular weight is 308 g/mol. The number of hydrogen-bond donors (Lipinski definition) is 0. The van der Waals surface area contributed by atoms with Crippen LogP contribution in [0.3, 0.4) is 0 Å². The Morgan fingerprint density at radius 3 is 2.77 bits per heavy atom. The van der Waals surface area contributed by atoms with Crippen LogP contribution >= 0.6 is 0 Å². The quantitative estimate of drug-likeness (QED) is 0.779. The molecule has 2 saturated heterocycles. The van der Waals surface area contributed by atoms with E-state index in [0.29, 0.717) is 6.04 Å². The van der Waals surface area contributed by atoms with Crippen LogP contribution in [-0.4, -0.2) is 75.9 Å². The Balaban J connectivity index is 1.72. The van der Waals surface area contributed by atoms with Crippen LogP contribution in [0, 0.1) is 0 Å². The Labute approximate surface area is 132 Å². The summed E-state index contributed by atoms with van der Waals surface area (Å²) in [6.45, 7) is 8.31. The van der Waals surface area contributed by atoms with Gasteiger partial charge >= 0.3 is 0 Å². The second-order valence-electron chi connectivity index (χ2n) is 6.50. The summed E-state index contributed by atoms with van der Waals surface area (Å²) in [7, 11) is 2.19. The van der Waals surface area contributed by atoms with Gasteiger partial charge in [-0.15, -0.1) is 5.10 Å². The summed E-state index contributed by atoms with van der Waals surface area (Å²) >= 11 is 0. The molecule has 0 aliphatic carbocycles. The third-order valence-electron chi connectivity index (χ3n) is 4.80. The first kappa shape index (κ1) is 15.8. The lowest BCUT2D eigenvalue weighted by Crippen LogP contribution is -2.46. The Bertz CT molecular complexity index is 451. The zero-order chi connectivity index (χ0) is 15.4. The first-order valence-corrected chi connectivity index (χ1v) is 8.58. The Morgan fingerprint density at radius 2 is 2.09 bits per heavy atom. The molecule has 7 heteroatoms. The first-order chi connectivity index (χ1) is 10.8. The van der Waals surface area contributed by atoms with Crippen molar-refractivity contribution in [2.45, 2.75) is 51.3 Å². The Kier molecular flexibility index (Phi) is 5.38. The van der Waals surface area contributed by atoms with E-state index in [1.54, 1.807) is 0 Å². The number of nitrogens with zero attached hydrogens (tertiary/aromatic N) is 6. The fourth-order valence-electron chi connectivity index (χ4n) is 3.44. The first-order valence-electron chi connectivity index (χ1n) is 8.58. The summed E-state index contributed by atoms with van der Waals surface area (Å²) in [6, 6.07) is 0.329. The highest BCUT2D eigenvalue weighted by atomic mass is 16.5. The maximum Gasteiger partial charge on any atom is 0.168 e. The standard InChI is InChI=1S/C15H28N6O/c1-3-5-14(20-9-7-19(2)8-10-20)15-16-17-18-21(15)12-13-6-4-11-22-13/h13-14H,3-12H2,1-2H3/t13-,14-/m0/s1. The number of ether oxygens (including phenoxy) is 1. The molecule has 3 heterocycles. The van der Waals surface area contributed by atoms with Crippen molar-refractivity contribution >= 4 is 0 Å². The molecule has 3 rings (SSSR count). The molecule has 124 valence electrons. The highest BCUT2D eigenvalue weighted by Gasteiger charge is 2.29. The van der Waals surface area contributed by atoms with Gasteiger partial charge in [-0.3, -0.25) is 4.90 Å². The lowest BCUT2D eigenvalue weighted by atomic mass is 10.1. The highest BCUT2D eigenvalue weighted by molar-refractivity contribution is 4.95. The number of likely N-dealkylation sites (N-methyl/N-ethyl adjacent to an activating group) is 1. The molecule has 1 aromatic heterocycles. The molecular formula is C15H28N6O. The molecular weight excluding hydrogens is 280 g/mol. The minimum absolute atomic E-state index is 0.275. The molecule has 2 fully saturated rings. The topological polar surface area (TPSA) is 59.3 Å². The molecule has 0 saturated carbocycles. The molecule has 2 atom stereocenters. The van der Waals surface area contributed by atoms with Gasteiger partial charge in [0.1, 0.15) is 0 Å². The van der Waals surface area contributed by atoms with Crippen molar-refractivity contribution in [3.05, 3.63) is 5.82 Å². The van der Waals surface area contributed by atoms with Crippen molar-refractivity contribution < 1.29 is 4.74 Å². The second-order valence-corrected chi connectivity index (χ2v) is 6.50. The van der Waals surface area contributed by atoms with E-state index in [2.05, 4.69) is 39.3 Å². The van der Waals surface area contributed by atoms with Crippen molar-refractivity contribution in [1.29, 1.82) is 0 Å². The summed E-state index contributed by atoms with van der Waals surface area (Å²) in [5.74, 6) is 1.02. The number of tetrazole rings is 1. The van der Waals surface area contributed by atoms with Gasteiger partial charge in [0.05, 0.1) is 18.7 Å². The van der Waals surface area contributed by atoms with E-state index < -0.39 is 0 Å². The van der Waals surface area contributed by atoms with Crippen LogP contribution < -0.4 is 0 Å². The summed E-state index contributed by atoms with van der Waals surface area (Å²) in [6.07, 6.45) is 4.79. The number of rotatable bonds is 6. The third-order valence-corrected chi connectivity index (χ3v) is 4.80. The zero-order valence-corrected chi connectivity index (χ0v) is 13.8. The van der Waals surface area contributed by atoms with Gasteiger partial charge in [0.2, 0.25) is 0 Å². The van der Waals surface area contributed by atoms with Crippen LogP contribution in [0.25, 0.3) is 0 Å². The number of aromatic nitrogens is 4. The smallest absolute Gasteiger partial charge is 0.168 e. The van der Waals surface area contributed by atoms with Crippen LogP contribution in [0.2, 0.25) is 0 Å². The van der Waals surface area contributed by atoms with Gasteiger partial charge in [0.15, 0.2) is 5.82 Å². The average Bonchev–Trinajstić information content (AvgIpc) is 3.18. The molecule has 1 aromatic rings. The van der Waals surface area contributed by atoms with E-state index in [0.717, 1.165) is 70.8 Å². The molecule has 22 heavy (non-hydrogen) atoms. The Morgan fingerprint density at radius 1 is 1.27 bits per heavy atom. The highest BCUT2D eigenvalue weighted by Crippen LogP contribution is 2.25. The maximum atomic E-state index is 5.74. The largest absolute Gasteiger partial charge is 0.376 e. The molecule has 7 nitrogen and oxygen atoms in total. The van der Waals surface area contributed by atoms with Crippen LogP contribution in [0.5, 0.6) is 0 Å². The fraction of sp³-hybridized carbons (Fsp3) is 0.933. The Hall–Kier alpha value is -1.05. The van der Waals surface area contributed by atoms with Gasteiger partial charge in [-0.2, -0.15) is 0 Å². The van der Waals surface area contributed by atoms with E-state index >= 15 is 0 Å². The third kappa shape index (κ3) is 3.64. The van der Waals surface area contributed by atoms with Gasteiger partial charge in [-0.05, 0) is 36.7 Å². The summed E-state index contributed by atoms with van der Waals surface area (Å²) in [4.78, 5) is 4.93. The van der Waals surface area contributed by atoms with Crippen molar-refractivity contribution in [1.82, 2.24) is 30.0 Å². The second kappa shape index (κ2) is 7.48. The SMILES string of the molecule is CCC[C@@H](c1nnnn1C[C@@H]1CCCO1)N1CCN(C)CC1. The fourth-order valence-corrected chi connectivity index (χ4v) is 3.44. The minimum Gasteiger partial charge on any atom is -0.376 e. The predicted octanol–water partition coefficient (Wildman–Crippen LogP) is 0.941. The van der Waals surface area contributed by atoms with Crippen molar-refractivity contribution in [3.63, 3.8) is 0 Å². The van der Waals surface area contributed by atoms with Gasteiger partial charge in [0.25, 0.3) is 0 Å². The summed E-state index contributed by atoms with van der Waals surface area (Å²) in [5.41, 5.74) is 0. The molecule has 0 aromatic carbocycles. The number of hydrogen-bond acceptors (Lipinski definition) is 6.